The van der Waals surface area contributed by atoms with Gasteiger partial charge in [-0.1, -0.05) is 0 Å². The summed E-state index contributed by atoms with van der Waals surface area (Å²) in [5, 5.41) is 31.3. The number of carboxylic acid groups (broad SMARTS) is 1. The zero-order valence-electron chi connectivity index (χ0n) is 10.4. The minimum atomic E-state index is -1.45. The van der Waals surface area contributed by atoms with E-state index >= 15 is 0 Å². The number of nitrogens with one attached hydrogen (secondary N) is 1. The number of nitrogens with zero attached hydrogens (tertiary/aromatic N) is 1. The number of carbonyl (C=O) groups is 1. The molecule has 21 heavy (non-hydrogen) atoms. The molecular formula is C13H9FN2O5. The van der Waals surface area contributed by atoms with Crippen LogP contribution in [0.1, 0.15) is 10.4 Å². The Morgan fingerprint density at radius 1 is 1.24 bits per heavy atom. The maximum atomic E-state index is 13.7. The van der Waals surface area contributed by atoms with Gasteiger partial charge in [-0.25, -0.2) is 9.18 Å². The lowest BCUT2D eigenvalue weighted by molar-refractivity contribution is -0.384. The van der Waals surface area contributed by atoms with Crippen LogP contribution in [0.2, 0.25) is 0 Å². The number of aromatic hydroxyl groups is 1. The highest BCUT2D eigenvalue weighted by Gasteiger charge is 2.15. The Morgan fingerprint density at radius 3 is 2.38 bits per heavy atom. The molecule has 0 fully saturated rings. The number of benzene rings is 2. The summed E-state index contributed by atoms with van der Waals surface area (Å²) >= 11 is 0. The number of nitro groups is 1. The maximum absolute atomic E-state index is 13.7. The molecule has 2 aromatic rings. The van der Waals surface area contributed by atoms with Gasteiger partial charge in [0.1, 0.15) is 17.1 Å². The van der Waals surface area contributed by atoms with Crippen molar-refractivity contribution in [1.82, 2.24) is 0 Å². The van der Waals surface area contributed by atoms with E-state index in [1.807, 2.05) is 0 Å². The van der Waals surface area contributed by atoms with Crippen molar-refractivity contribution in [1.29, 1.82) is 0 Å². The summed E-state index contributed by atoms with van der Waals surface area (Å²) in [5.41, 5.74) is -0.472. The number of rotatable bonds is 4. The van der Waals surface area contributed by atoms with Crippen molar-refractivity contribution in [3.05, 3.63) is 57.9 Å². The van der Waals surface area contributed by atoms with Crippen LogP contribution < -0.4 is 5.32 Å². The molecule has 0 aromatic heterocycles. The van der Waals surface area contributed by atoms with Gasteiger partial charge in [-0.15, -0.1) is 0 Å². The number of hydrogen-bond donors (Lipinski definition) is 3. The van der Waals surface area contributed by atoms with Gasteiger partial charge in [0.25, 0.3) is 5.69 Å². The van der Waals surface area contributed by atoms with E-state index in [1.54, 1.807) is 0 Å². The molecule has 0 aliphatic rings. The van der Waals surface area contributed by atoms with E-state index in [4.69, 9.17) is 5.11 Å². The highest BCUT2D eigenvalue weighted by molar-refractivity contribution is 5.91. The quantitative estimate of drug-likeness (QED) is 0.590. The van der Waals surface area contributed by atoms with Crippen molar-refractivity contribution >= 4 is 23.0 Å². The van der Waals surface area contributed by atoms with Gasteiger partial charge in [-0.3, -0.25) is 10.1 Å². The summed E-state index contributed by atoms with van der Waals surface area (Å²) in [6.07, 6.45) is 0. The van der Waals surface area contributed by atoms with Crippen LogP contribution in [0, 0.1) is 15.9 Å². The van der Waals surface area contributed by atoms with E-state index in [2.05, 4.69) is 5.32 Å². The van der Waals surface area contributed by atoms with Gasteiger partial charge in [-0.2, -0.15) is 0 Å². The lowest BCUT2D eigenvalue weighted by atomic mass is 10.1. The van der Waals surface area contributed by atoms with Crippen LogP contribution in [0.5, 0.6) is 5.75 Å². The third kappa shape index (κ3) is 3.06. The molecule has 2 aromatic carbocycles. The van der Waals surface area contributed by atoms with E-state index < -0.39 is 28.0 Å². The first-order valence-electron chi connectivity index (χ1n) is 5.66. The molecule has 108 valence electrons. The predicted octanol–water partition coefficient (Wildman–Crippen LogP) is 2.88. The van der Waals surface area contributed by atoms with E-state index in [1.165, 1.54) is 24.3 Å². The van der Waals surface area contributed by atoms with Gasteiger partial charge in [0.05, 0.1) is 10.6 Å². The summed E-state index contributed by atoms with van der Waals surface area (Å²) in [6.45, 7) is 0. The Bertz CT molecular complexity index is 715. The zero-order valence-corrected chi connectivity index (χ0v) is 10.4. The Kier molecular flexibility index (Phi) is 3.70. The molecule has 0 aliphatic carbocycles. The fourth-order valence-corrected chi connectivity index (χ4v) is 1.65. The number of halogens is 1. The van der Waals surface area contributed by atoms with Crippen molar-refractivity contribution in [2.75, 3.05) is 5.32 Å². The summed E-state index contributed by atoms with van der Waals surface area (Å²) in [6, 6.07) is 6.79. The largest absolute Gasteiger partial charge is 0.507 e. The first-order valence-corrected chi connectivity index (χ1v) is 5.66. The molecule has 7 nitrogen and oxygen atoms in total. The van der Waals surface area contributed by atoms with Crippen molar-refractivity contribution < 1.29 is 24.3 Å². The molecule has 8 heteroatoms. The fraction of sp³-hybridized carbons (Fsp3) is 0. The van der Waals surface area contributed by atoms with Crippen molar-refractivity contribution in [2.45, 2.75) is 0 Å². The number of nitro benzene ring substituents is 1. The van der Waals surface area contributed by atoms with Crippen LogP contribution in [-0.4, -0.2) is 21.1 Å². The lowest BCUT2D eigenvalue weighted by Crippen LogP contribution is -2.01. The second-order valence-electron chi connectivity index (χ2n) is 4.08. The van der Waals surface area contributed by atoms with Crippen molar-refractivity contribution in [3.63, 3.8) is 0 Å². The van der Waals surface area contributed by atoms with E-state index in [0.717, 1.165) is 6.07 Å². The maximum Gasteiger partial charge on any atom is 0.339 e. The normalized spacial score (nSPS) is 10.1. The number of non-ortho nitro benzene ring substituents is 1. The number of phenols is 1. The molecule has 3 N–H and O–H groups in total. The highest BCUT2D eigenvalue weighted by Crippen LogP contribution is 2.28. The van der Waals surface area contributed by atoms with E-state index in [0.29, 0.717) is 11.8 Å². The van der Waals surface area contributed by atoms with E-state index in [-0.39, 0.29) is 11.4 Å². The molecule has 2 rings (SSSR count). The Balaban J connectivity index is 2.29. The van der Waals surface area contributed by atoms with Gasteiger partial charge < -0.3 is 15.5 Å². The second kappa shape index (κ2) is 5.45. The standard InChI is InChI=1S/C13H9FN2O5/c14-10-5-9(13(18)19)12(17)6-11(10)15-7-1-3-8(4-2-7)16(20)21/h1-6,15,17H,(H,18,19). The van der Waals surface area contributed by atoms with Gasteiger partial charge in [-0.05, 0) is 18.2 Å². The van der Waals surface area contributed by atoms with Crippen LogP contribution in [0.3, 0.4) is 0 Å². The lowest BCUT2D eigenvalue weighted by Gasteiger charge is -2.09. The van der Waals surface area contributed by atoms with Crippen molar-refractivity contribution in [2.24, 2.45) is 0 Å². The highest BCUT2D eigenvalue weighted by atomic mass is 19.1. The molecule has 0 saturated carbocycles. The zero-order chi connectivity index (χ0) is 15.6. The van der Waals surface area contributed by atoms with Crippen LogP contribution >= 0.6 is 0 Å². The Morgan fingerprint density at radius 2 is 1.86 bits per heavy atom. The topological polar surface area (TPSA) is 113 Å². The average molecular weight is 292 g/mol. The summed E-state index contributed by atoms with van der Waals surface area (Å²) in [4.78, 5) is 20.7. The minimum Gasteiger partial charge on any atom is -0.507 e. The number of anilines is 2. The van der Waals surface area contributed by atoms with Gasteiger partial charge in [0.15, 0.2) is 0 Å². The van der Waals surface area contributed by atoms with Gasteiger partial charge >= 0.3 is 5.97 Å². The molecule has 0 spiro atoms. The first kappa shape index (κ1) is 14.3. The number of aromatic carboxylic acids is 1. The Hall–Kier alpha value is -3.16. The number of hydrogen-bond acceptors (Lipinski definition) is 5. The third-order valence-electron chi connectivity index (χ3n) is 2.67. The molecule has 0 aliphatic heterocycles. The smallest absolute Gasteiger partial charge is 0.339 e. The molecule has 0 saturated heterocycles. The molecular weight excluding hydrogens is 283 g/mol. The third-order valence-corrected chi connectivity index (χ3v) is 2.67. The van der Waals surface area contributed by atoms with Gasteiger partial charge in [0, 0.05) is 23.9 Å². The van der Waals surface area contributed by atoms with Crippen LogP contribution in [0.15, 0.2) is 36.4 Å². The summed E-state index contributed by atoms with van der Waals surface area (Å²) in [7, 11) is 0. The van der Waals surface area contributed by atoms with E-state index in [9.17, 15) is 24.4 Å². The summed E-state index contributed by atoms with van der Waals surface area (Å²) < 4.78 is 13.7. The first-order chi connectivity index (χ1) is 9.88. The molecule has 0 bridgehead atoms. The van der Waals surface area contributed by atoms with Crippen molar-refractivity contribution in [3.8, 4) is 5.75 Å². The molecule has 0 amide bonds. The monoisotopic (exact) mass is 292 g/mol. The van der Waals surface area contributed by atoms with Crippen LogP contribution in [0.25, 0.3) is 0 Å². The SMILES string of the molecule is O=C(O)c1cc(F)c(Nc2ccc([N+](=O)[O-])cc2)cc1O. The van der Waals surface area contributed by atoms with Crippen LogP contribution in [0.4, 0.5) is 21.5 Å². The Labute approximate surface area is 117 Å². The second-order valence-corrected chi connectivity index (χ2v) is 4.08. The molecule has 0 heterocycles. The fourth-order valence-electron chi connectivity index (χ4n) is 1.65. The van der Waals surface area contributed by atoms with Crippen LogP contribution in [-0.2, 0) is 0 Å². The molecule has 0 radical (unpaired) electrons. The minimum absolute atomic E-state index is 0.120. The average Bonchev–Trinajstić information content (AvgIpc) is 2.42. The van der Waals surface area contributed by atoms with Gasteiger partial charge in [0.2, 0.25) is 0 Å². The number of carboxylic acids is 1. The molecule has 0 atom stereocenters. The predicted molar refractivity (Wildman–Crippen MR) is 71.4 cm³/mol. The summed E-state index contributed by atoms with van der Waals surface area (Å²) in [5.74, 6) is -2.91. The molecule has 0 unspecified atom stereocenters.